The van der Waals surface area contributed by atoms with E-state index in [4.69, 9.17) is 10.5 Å². The van der Waals surface area contributed by atoms with E-state index in [1.54, 1.807) is 24.4 Å². The van der Waals surface area contributed by atoms with Crippen LogP contribution in [0.25, 0.3) is 0 Å². The lowest BCUT2D eigenvalue weighted by atomic mass is 9.96. The fourth-order valence-corrected chi connectivity index (χ4v) is 2.60. The van der Waals surface area contributed by atoms with Crippen LogP contribution >= 0.6 is 0 Å². The van der Waals surface area contributed by atoms with Crippen molar-refractivity contribution < 1.29 is 9.50 Å². The fourth-order valence-electron chi connectivity index (χ4n) is 2.60. The van der Waals surface area contributed by atoms with Gasteiger partial charge in [-0.1, -0.05) is 42.5 Å². The molecule has 1 aliphatic rings. The van der Waals surface area contributed by atoms with Gasteiger partial charge in [0.05, 0.1) is 18.0 Å². The maximum atomic E-state index is 14.0. The first-order chi connectivity index (χ1) is 12.2. The van der Waals surface area contributed by atoms with Crippen LogP contribution < -0.4 is 5.32 Å². The van der Waals surface area contributed by atoms with Crippen molar-refractivity contribution >= 4 is 11.4 Å². The molecule has 1 aliphatic carbocycles. The highest BCUT2D eigenvalue weighted by Crippen LogP contribution is 2.20. The zero-order chi connectivity index (χ0) is 17.6. The van der Waals surface area contributed by atoms with Gasteiger partial charge in [-0.3, -0.25) is 0 Å². The predicted molar refractivity (Wildman–Crippen MR) is 99.1 cm³/mol. The largest absolute Gasteiger partial charge is 0.392 e. The third-order valence-corrected chi connectivity index (χ3v) is 3.97. The van der Waals surface area contributed by atoms with E-state index in [1.165, 1.54) is 11.6 Å². The highest BCUT2D eigenvalue weighted by atomic mass is 19.1. The first-order valence-corrected chi connectivity index (χ1v) is 8.03. The molecule has 0 unspecified atom stereocenters. The molecule has 4 heteroatoms. The summed E-state index contributed by atoms with van der Waals surface area (Å²) >= 11 is 0. The maximum absolute atomic E-state index is 14.0. The van der Waals surface area contributed by atoms with E-state index in [9.17, 15) is 4.39 Å². The highest BCUT2D eigenvalue weighted by molar-refractivity contribution is 6.10. The SMILES string of the molecule is N=C1C=CC(Cc2ccccc2)=C/C1=C/Nc1ccc(CO)cc1F. The molecule has 0 atom stereocenters. The molecule has 2 aromatic rings. The summed E-state index contributed by atoms with van der Waals surface area (Å²) in [6.45, 7) is -0.195. The number of anilines is 1. The van der Waals surface area contributed by atoms with Gasteiger partial charge in [0.2, 0.25) is 0 Å². The Morgan fingerprint density at radius 2 is 1.84 bits per heavy atom. The number of aliphatic hydroxyl groups is 1. The maximum Gasteiger partial charge on any atom is 0.146 e. The number of allylic oxidation sites excluding steroid dienone is 5. The van der Waals surface area contributed by atoms with Crippen molar-refractivity contribution in [2.75, 3.05) is 5.32 Å². The van der Waals surface area contributed by atoms with E-state index in [0.717, 1.165) is 12.0 Å². The summed E-state index contributed by atoms with van der Waals surface area (Å²) in [6, 6.07) is 14.6. The van der Waals surface area contributed by atoms with Crippen molar-refractivity contribution in [3.63, 3.8) is 0 Å². The summed E-state index contributed by atoms with van der Waals surface area (Å²) < 4.78 is 14.0. The second kappa shape index (κ2) is 7.73. The summed E-state index contributed by atoms with van der Waals surface area (Å²) in [5.41, 5.74) is 4.19. The molecule has 3 rings (SSSR count). The molecule has 0 saturated heterocycles. The summed E-state index contributed by atoms with van der Waals surface area (Å²) in [5.74, 6) is -0.435. The lowest BCUT2D eigenvalue weighted by Gasteiger charge is -2.12. The average molecular weight is 334 g/mol. The normalized spacial score (nSPS) is 15.4. The second-order valence-corrected chi connectivity index (χ2v) is 5.84. The van der Waals surface area contributed by atoms with Crippen LogP contribution in [0.2, 0.25) is 0 Å². The monoisotopic (exact) mass is 334 g/mol. The molecular formula is C21H19FN2O. The van der Waals surface area contributed by atoms with Crippen molar-refractivity contribution in [1.29, 1.82) is 5.41 Å². The summed E-state index contributed by atoms with van der Waals surface area (Å²) in [4.78, 5) is 0. The molecule has 0 spiro atoms. The van der Waals surface area contributed by atoms with Gasteiger partial charge in [0.1, 0.15) is 5.82 Å². The van der Waals surface area contributed by atoms with E-state index < -0.39 is 5.82 Å². The number of aliphatic hydroxyl groups excluding tert-OH is 1. The van der Waals surface area contributed by atoms with E-state index >= 15 is 0 Å². The highest BCUT2D eigenvalue weighted by Gasteiger charge is 2.09. The third-order valence-electron chi connectivity index (χ3n) is 3.97. The Morgan fingerprint density at radius 1 is 1.04 bits per heavy atom. The molecule has 2 aromatic carbocycles. The van der Waals surface area contributed by atoms with Crippen LogP contribution in [0.4, 0.5) is 10.1 Å². The van der Waals surface area contributed by atoms with E-state index in [2.05, 4.69) is 17.4 Å². The minimum absolute atomic E-state index is 0.195. The Morgan fingerprint density at radius 3 is 2.56 bits per heavy atom. The Bertz CT molecular complexity index is 867. The van der Waals surface area contributed by atoms with Crippen molar-refractivity contribution in [3.8, 4) is 0 Å². The van der Waals surface area contributed by atoms with Crippen molar-refractivity contribution in [2.45, 2.75) is 13.0 Å². The smallest absolute Gasteiger partial charge is 0.146 e. The predicted octanol–water partition coefficient (Wildman–Crippen LogP) is 4.37. The first kappa shape index (κ1) is 16.9. The van der Waals surface area contributed by atoms with Gasteiger partial charge in [0.15, 0.2) is 0 Å². The minimum atomic E-state index is -0.435. The Kier molecular flexibility index (Phi) is 5.21. The quantitative estimate of drug-likeness (QED) is 0.760. The van der Waals surface area contributed by atoms with Crippen molar-refractivity contribution in [2.24, 2.45) is 0 Å². The van der Waals surface area contributed by atoms with Crippen LogP contribution in [0.15, 0.2) is 84.1 Å². The molecule has 3 nitrogen and oxygen atoms in total. The van der Waals surface area contributed by atoms with E-state index in [1.807, 2.05) is 30.4 Å². The topological polar surface area (TPSA) is 56.1 Å². The lowest BCUT2D eigenvalue weighted by molar-refractivity contribution is 0.281. The van der Waals surface area contributed by atoms with Crippen LogP contribution in [0.1, 0.15) is 11.1 Å². The first-order valence-electron chi connectivity index (χ1n) is 8.03. The van der Waals surface area contributed by atoms with Crippen LogP contribution in [-0.2, 0) is 13.0 Å². The summed E-state index contributed by atoms with van der Waals surface area (Å²) in [7, 11) is 0. The Hall–Kier alpha value is -2.98. The van der Waals surface area contributed by atoms with Crippen LogP contribution in [0, 0.1) is 11.2 Å². The van der Waals surface area contributed by atoms with Crippen LogP contribution in [0.5, 0.6) is 0 Å². The molecular weight excluding hydrogens is 315 g/mol. The average Bonchev–Trinajstić information content (AvgIpc) is 2.63. The minimum Gasteiger partial charge on any atom is -0.392 e. The number of benzene rings is 2. The van der Waals surface area contributed by atoms with Crippen LogP contribution in [0.3, 0.4) is 0 Å². The molecule has 3 N–H and O–H groups in total. The van der Waals surface area contributed by atoms with Gasteiger partial charge in [0.25, 0.3) is 0 Å². The number of rotatable bonds is 5. The molecule has 0 aromatic heterocycles. The number of hydrogen-bond acceptors (Lipinski definition) is 3. The molecule has 0 amide bonds. The fraction of sp³-hybridized carbons (Fsp3) is 0.0952. The van der Waals surface area contributed by atoms with Gasteiger partial charge in [-0.15, -0.1) is 0 Å². The molecule has 0 heterocycles. The molecule has 0 saturated carbocycles. The van der Waals surface area contributed by atoms with Gasteiger partial charge in [-0.25, -0.2) is 4.39 Å². The second-order valence-electron chi connectivity index (χ2n) is 5.84. The van der Waals surface area contributed by atoms with Gasteiger partial charge >= 0.3 is 0 Å². The zero-order valence-corrected chi connectivity index (χ0v) is 13.7. The van der Waals surface area contributed by atoms with Gasteiger partial charge in [0, 0.05) is 11.8 Å². The number of nitrogens with one attached hydrogen (secondary N) is 2. The standard InChI is InChI=1S/C21H19FN2O/c22-19-12-17(14-25)7-9-21(19)24-13-18-11-16(6-8-20(18)23)10-15-4-2-1-3-5-15/h1-9,11-13,23-25H,10,14H2/b18-13-,23-20?. The molecule has 0 bridgehead atoms. The van der Waals surface area contributed by atoms with E-state index in [0.29, 0.717) is 22.5 Å². The molecule has 25 heavy (non-hydrogen) atoms. The lowest BCUT2D eigenvalue weighted by Crippen LogP contribution is -2.05. The van der Waals surface area contributed by atoms with Gasteiger partial charge in [-0.05, 0) is 47.4 Å². The third kappa shape index (κ3) is 4.31. The summed E-state index contributed by atoms with van der Waals surface area (Å²) in [5, 5.41) is 20.0. The van der Waals surface area contributed by atoms with Gasteiger partial charge in [-0.2, -0.15) is 0 Å². The van der Waals surface area contributed by atoms with Gasteiger partial charge < -0.3 is 15.8 Å². The number of hydrogen-bond donors (Lipinski definition) is 3. The summed E-state index contributed by atoms with van der Waals surface area (Å²) in [6.07, 6.45) is 8.03. The number of halogens is 1. The molecule has 0 radical (unpaired) electrons. The van der Waals surface area contributed by atoms with E-state index in [-0.39, 0.29) is 6.61 Å². The molecule has 126 valence electrons. The van der Waals surface area contributed by atoms with Crippen molar-refractivity contribution in [1.82, 2.24) is 0 Å². The molecule has 0 fully saturated rings. The Labute approximate surface area is 146 Å². The van der Waals surface area contributed by atoms with Crippen molar-refractivity contribution in [3.05, 3.63) is 101 Å². The zero-order valence-electron chi connectivity index (χ0n) is 13.7. The molecule has 0 aliphatic heterocycles. The van der Waals surface area contributed by atoms with Crippen LogP contribution in [-0.4, -0.2) is 10.8 Å². The Balaban J connectivity index is 1.77.